The number of rotatable bonds is 5. The first-order valence-corrected chi connectivity index (χ1v) is 6.47. The van der Waals surface area contributed by atoms with Gasteiger partial charge in [0, 0.05) is 16.6 Å². The molecule has 0 bridgehead atoms. The molecule has 16 heavy (non-hydrogen) atoms. The summed E-state index contributed by atoms with van der Waals surface area (Å²) in [7, 11) is 0. The van der Waals surface area contributed by atoms with Gasteiger partial charge in [-0.15, -0.1) is 0 Å². The summed E-state index contributed by atoms with van der Waals surface area (Å²) < 4.78 is 0.901. The van der Waals surface area contributed by atoms with E-state index in [0.29, 0.717) is 11.6 Å². The monoisotopic (exact) mass is 305 g/mol. The van der Waals surface area contributed by atoms with Crippen molar-refractivity contribution >= 4 is 27.5 Å². The fourth-order valence-corrected chi connectivity index (χ4v) is 1.71. The number of halogens is 2. The van der Waals surface area contributed by atoms with Gasteiger partial charge < -0.3 is 10.4 Å². The van der Waals surface area contributed by atoms with Crippen LogP contribution in [0.15, 0.2) is 22.7 Å². The van der Waals surface area contributed by atoms with Crippen molar-refractivity contribution in [3.8, 4) is 0 Å². The predicted molar refractivity (Wildman–Crippen MR) is 71.8 cm³/mol. The van der Waals surface area contributed by atoms with E-state index in [-0.39, 0.29) is 12.1 Å². The number of aliphatic hydroxyl groups is 1. The van der Waals surface area contributed by atoms with Crippen LogP contribution in [0, 0.1) is 0 Å². The lowest BCUT2D eigenvalue weighted by Gasteiger charge is -2.27. The minimum Gasteiger partial charge on any atom is -0.394 e. The maximum Gasteiger partial charge on any atom is 0.0610 e. The largest absolute Gasteiger partial charge is 0.394 e. The third-order valence-corrected chi connectivity index (χ3v) is 4.07. The molecular formula is C12H17BrClNO. The molecule has 1 rings (SSSR count). The molecule has 4 heteroatoms. The molecule has 1 unspecified atom stereocenters. The van der Waals surface area contributed by atoms with Gasteiger partial charge in [0.15, 0.2) is 0 Å². The maximum atomic E-state index is 9.27. The maximum absolute atomic E-state index is 9.27. The van der Waals surface area contributed by atoms with Gasteiger partial charge in [-0.3, -0.25) is 0 Å². The summed E-state index contributed by atoms with van der Waals surface area (Å²) in [6, 6.07) is 5.87. The third kappa shape index (κ3) is 3.74. The summed E-state index contributed by atoms with van der Waals surface area (Å²) in [5.41, 5.74) is 0.890. The molecule has 1 atom stereocenters. The Balaban J connectivity index is 2.64. The number of nitrogens with one attached hydrogen (secondary N) is 1. The van der Waals surface area contributed by atoms with Crippen molar-refractivity contribution in [3.63, 3.8) is 0 Å². The van der Waals surface area contributed by atoms with Crippen molar-refractivity contribution in [1.82, 2.24) is 5.32 Å². The van der Waals surface area contributed by atoms with Gasteiger partial charge in [-0.1, -0.05) is 24.6 Å². The van der Waals surface area contributed by atoms with Gasteiger partial charge in [0.1, 0.15) is 0 Å². The Labute approximate surface area is 110 Å². The highest BCUT2D eigenvalue weighted by Crippen LogP contribution is 2.23. The van der Waals surface area contributed by atoms with Crippen LogP contribution in [-0.4, -0.2) is 17.3 Å². The van der Waals surface area contributed by atoms with E-state index >= 15 is 0 Å². The van der Waals surface area contributed by atoms with Gasteiger partial charge in [-0.2, -0.15) is 0 Å². The quantitative estimate of drug-likeness (QED) is 0.874. The lowest BCUT2D eigenvalue weighted by atomic mass is 10.00. The lowest BCUT2D eigenvalue weighted by molar-refractivity contribution is 0.169. The molecule has 2 N–H and O–H groups in total. The molecule has 0 fully saturated rings. The summed E-state index contributed by atoms with van der Waals surface area (Å²) in [6.07, 6.45) is 0.883. The fraction of sp³-hybridized carbons (Fsp3) is 0.500. The molecule has 1 aromatic carbocycles. The number of benzene rings is 1. The van der Waals surface area contributed by atoms with E-state index in [2.05, 4.69) is 28.2 Å². The molecule has 0 heterocycles. The van der Waals surface area contributed by atoms with E-state index in [4.69, 9.17) is 11.6 Å². The molecule has 90 valence electrons. The van der Waals surface area contributed by atoms with Gasteiger partial charge in [-0.05, 0) is 47.0 Å². The SMILES string of the molecule is CCC(C)(CO)NCc1ccc(Br)c(Cl)c1. The first kappa shape index (κ1) is 14.0. The van der Waals surface area contributed by atoms with Crippen molar-refractivity contribution in [2.24, 2.45) is 0 Å². The van der Waals surface area contributed by atoms with Gasteiger partial charge in [0.05, 0.1) is 11.6 Å². The zero-order valence-electron chi connectivity index (χ0n) is 9.56. The zero-order valence-corrected chi connectivity index (χ0v) is 11.9. The van der Waals surface area contributed by atoms with E-state index in [0.717, 1.165) is 16.5 Å². The smallest absolute Gasteiger partial charge is 0.0610 e. The van der Waals surface area contributed by atoms with E-state index in [1.807, 2.05) is 25.1 Å². The first-order chi connectivity index (χ1) is 7.50. The minimum absolute atomic E-state index is 0.133. The summed E-state index contributed by atoms with van der Waals surface area (Å²) in [5, 5.41) is 13.3. The van der Waals surface area contributed by atoms with Crippen LogP contribution in [-0.2, 0) is 6.54 Å². The normalized spacial score (nSPS) is 14.8. The second kappa shape index (κ2) is 6.01. The van der Waals surface area contributed by atoms with Gasteiger partial charge in [0.2, 0.25) is 0 Å². The summed E-state index contributed by atoms with van der Waals surface area (Å²) in [5.74, 6) is 0. The molecular weight excluding hydrogens is 289 g/mol. The Morgan fingerprint density at radius 3 is 2.69 bits per heavy atom. The van der Waals surface area contributed by atoms with E-state index in [1.165, 1.54) is 0 Å². The molecule has 1 aromatic rings. The first-order valence-electron chi connectivity index (χ1n) is 5.30. The molecule has 0 aliphatic rings. The Morgan fingerprint density at radius 2 is 2.19 bits per heavy atom. The second-order valence-corrected chi connectivity index (χ2v) is 5.44. The molecule has 0 saturated heterocycles. The van der Waals surface area contributed by atoms with Crippen molar-refractivity contribution in [2.75, 3.05) is 6.61 Å². The zero-order chi connectivity index (χ0) is 12.2. The van der Waals surface area contributed by atoms with Crippen molar-refractivity contribution in [2.45, 2.75) is 32.4 Å². The Morgan fingerprint density at radius 1 is 1.50 bits per heavy atom. The number of aliphatic hydroxyl groups excluding tert-OH is 1. The molecule has 2 nitrogen and oxygen atoms in total. The lowest BCUT2D eigenvalue weighted by Crippen LogP contribution is -2.44. The Hall–Kier alpha value is -0.0900. The van der Waals surface area contributed by atoms with Crippen LogP contribution in [0.4, 0.5) is 0 Å². The van der Waals surface area contributed by atoms with Crippen LogP contribution in [0.3, 0.4) is 0 Å². The van der Waals surface area contributed by atoms with Crippen molar-refractivity contribution in [3.05, 3.63) is 33.3 Å². The van der Waals surface area contributed by atoms with E-state index in [1.54, 1.807) is 0 Å². The molecule has 0 spiro atoms. The van der Waals surface area contributed by atoms with Gasteiger partial charge in [-0.25, -0.2) is 0 Å². The molecule has 0 amide bonds. The van der Waals surface area contributed by atoms with Crippen LogP contribution in [0.25, 0.3) is 0 Å². The van der Waals surface area contributed by atoms with Crippen LogP contribution in [0.2, 0.25) is 5.02 Å². The van der Waals surface area contributed by atoms with Gasteiger partial charge >= 0.3 is 0 Å². The number of hydrogen-bond donors (Lipinski definition) is 2. The van der Waals surface area contributed by atoms with Gasteiger partial charge in [0.25, 0.3) is 0 Å². The van der Waals surface area contributed by atoms with Crippen LogP contribution in [0.5, 0.6) is 0 Å². The van der Waals surface area contributed by atoms with Crippen LogP contribution in [0.1, 0.15) is 25.8 Å². The summed E-state index contributed by atoms with van der Waals surface area (Å²) in [6.45, 7) is 4.90. The Bertz CT molecular complexity index is 353. The molecule has 0 radical (unpaired) electrons. The van der Waals surface area contributed by atoms with Crippen LogP contribution >= 0.6 is 27.5 Å². The number of hydrogen-bond acceptors (Lipinski definition) is 2. The molecule has 0 saturated carbocycles. The third-order valence-electron chi connectivity index (χ3n) is 2.83. The van der Waals surface area contributed by atoms with Crippen LogP contribution < -0.4 is 5.32 Å². The highest BCUT2D eigenvalue weighted by molar-refractivity contribution is 9.10. The molecule has 0 aliphatic heterocycles. The van der Waals surface area contributed by atoms with E-state index < -0.39 is 0 Å². The summed E-state index contributed by atoms with van der Waals surface area (Å²) in [4.78, 5) is 0. The van der Waals surface area contributed by atoms with Crippen molar-refractivity contribution < 1.29 is 5.11 Å². The highest BCUT2D eigenvalue weighted by atomic mass is 79.9. The molecule has 0 aliphatic carbocycles. The topological polar surface area (TPSA) is 32.3 Å². The Kier molecular flexibility index (Phi) is 5.25. The molecule has 0 aromatic heterocycles. The average Bonchev–Trinajstić information content (AvgIpc) is 2.30. The van der Waals surface area contributed by atoms with Crippen molar-refractivity contribution in [1.29, 1.82) is 0 Å². The second-order valence-electron chi connectivity index (χ2n) is 4.17. The van der Waals surface area contributed by atoms with E-state index in [9.17, 15) is 5.11 Å². The summed E-state index contributed by atoms with van der Waals surface area (Å²) >= 11 is 9.36. The minimum atomic E-state index is -0.223. The predicted octanol–water partition coefficient (Wildman–Crippen LogP) is 3.35. The standard InChI is InChI=1S/C12H17BrClNO/c1-3-12(2,8-16)15-7-9-4-5-10(13)11(14)6-9/h4-6,15-16H,3,7-8H2,1-2H3. The fourth-order valence-electron chi connectivity index (χ4n) is 1.26. The highest BCUT2D eigenvalue weighted by Gasteiger charge is 2.19. The average molecular weight is 307 g/mol.